The standard InChI is InChI=1S/C5H8NO3/c1-6-5(7)9-4-2-3-8-4/h3-4H,2H2,1H3,(H,6,7). The lowest BCUT2D eigenvalue weighted by atomic mass is 10.3. The zero-order chi connectivity index (χ0) is 6.69. The number of hydrogen-bond donors (Lipinski definition) is 1. The lowest BCUT2D eigenvalue weighted by molar-refractivity contribution is -0.144. The van der Waals surface area contributed by atoms with E-state index < -0.39 is 6.09 Å². The first kappa shape index (κ1) is 6.35. The molecule has 51 valence electrons. The molecule has 4 heteroatoms. The van der Waals surface area contributed by atoms with Gasteiger partial charge in [-0.1, -0.05) is 0 Å². The lowest BCUT2D eigenvalue weighted by Crippen LogP contribution is -2.32. The molecule has 0 bridgehead atoms. The number of ether oxygens (including phenoxy) is 2. The summed E-state index contributed by atoms with van der Waals surface area (Å²) in [5.74, 6) is 0. The van der Waals surface area contributed by atoms with Crippen molar-refractivity contribution in [2.75, 3.05) is 7.05 Å². The highest BCUT2D eigenvalue weighted by atomic mass is 16.7. The number of rotatable bonds is 1. The van der Waals surface area contributed by atoms with E-state index in [0.29, 0.717) is 6.42 Å². The first-order valence-electron chi connectivity index (χ1n) is 2.68. The molecule has 1 fully saturated rings. The second kappa shape index (κ2) is 2.68. The largest absolute Gasteiger partial charge is 0.420 e. The molecule has 1 N–H and O–H groups in total. The summed E-state index contributed by atoms with van der Waals surface area (Å²) >= 11 is 0. The van der Waals surface area contributed by atoms with Crippen molar-refractivity contribution in [1.29, 1.82) is 0 Å². The molecule has 0 aromatic carbocycles. The first-order valence-corrected chi connectivity index (χ1v) is 2.68. The number of carbonyl (C=O) groups is 1. The van der Waals surface area contributed by atoms with Crippen molar-refractivity contribution in [2.45, 2.75) is 12.7 Å². The highest BCUT2D eigenvalue weighted by Crippen LogP contribution is 2.16. The van der Waals surface area contributed by atoms with Crippen LogP contribution in [0.3, 0.4) is 0 Å². The van der Waals surface area contributed by atoms with Gasteiger partial charge in [-0.2, -0.15) is 0 Å². The number of carbonyl (C=O) groups excluding carboxylic acids is 1. The summed E-state index contributed by atoms with van der Waals surface area (Å²) in [6.45, 7) is 1.59. The number of alkyl carbamates (subject to hydrolysis) is 1. The van der Waals surface area contributed by atoms with E-state index in [1.54, 1.807) is 6.61 Å². The Hall–Kier alpha value is -0.770. The maximum atomic E-state index is 10.4. The van der Waals surface area contributed by atoms with E-state index in [0.717, 1.165) is 0 Å². The van der Waals surface area contributed by atoms with Crippen molar-refractivity contribution in [3.8, 4) is 0 Å². The molecule has 0 aromatic heterocycles. The van der Waals surface area contributed by atoms with E-state index in [-0.39, 0.29) is 6.29 Å². The van der Waals surface area contributed by atoms with Crippen molar-refractivity contribution in [3.63, 3.8) is 0 Å². The molecule has 0 aromatic rings. The van der Waals surface area contributed by atoms with Crippen LogP contribution in [0.25, 0.3) is 0 Å². The molecule has 1 saturated heterocycles. The molecule has 4 nitrogen and oxygen atoms in total. The van der Waals surface area contributed by atoms with Gasteiger partial charge in [-0.25, -0.2) is 4.79 Å². The summed E-state index contributed by atoms with van der Waals surface area (Å²) in [5.41, 5.74) is 0. The van der Waals surface area contributed by atoms with E-state index >= 15 is 0 Å². The van der Waals surface area contributed by atoms with Crippen LogP contribution in [0.4, 0.5) is 4.79 Å². The third-order valence-electron chi connectivity index (χ3n) is 0.979. The maximum Gasteiger partial charge on any atom is 0.409 e. The van der Waals surface area contributed by atoms with Crippen LogP contribution in [0.1, 0.15) is 6.42 Å². The van der Waals surface area contributed by atoms with E-state index in [2.05, 4.69) is 10.1 Å². The monoisotopic (exact) mass is 130 g/mol. The van der Waals surface area contributed by atoms with Crippen molar-refractivity contribution in [1.82, 2.24) is 5.32 Å². The highest BCUT2D eigenvalue weighted by Gasteiger charge is 2.22. The zero-order valence-electron chi connectivity index (χ0n) is 5.09. The van der Waals surface area contributed by atoms with Crippen molar-refractivity contribution >= 4 is 6.09 Å². The van der Waals surface area contributed by atoms with Crippen molar-refractivity contribution in [3.05, 3.63) is 6.61 Å². The minimum absolute atomic E-state index is 0.357. The van der Waals surface area contributed by atoms with Crippen LogP contribution in [0.15, 0.2) is 0 Å². The Labute approximate surface area is 53.1 Å². The average Bonchev–Trinajstić information content (AvgIpc) is 1.78. The molecule has 0 spiro atoms. The zero-order valence-corrected chi connectivity index (χ0v) is 5.09. The van der Waals surface area contributed by atoms with Gasteiger partial charge in [0.15, 0.2) is 0 Å². The summed E-state index contributed by atoms with van der Waals surface area (Å²) < 4.78 is 9.33. The molecular formula is C5H8NO3. The molecule has 0 saturated carbocycles. The molecule has 1 aliphatic rings. The van der Waals surface area contributed by atoms with Crippen LogP contribution < -0.4 is 5.32 Å². The number of amides is 1. The van der Waals surface area contributed by atoms with Crippen molar-refractivity contribution in [2.24, 2.45) is 0 Å². The fourth-order valence-electron chi connectivity index (χ4n) is 0.429. The Bertz CT molecular complexity index is 111. The fraction of sp³-hybridized carbons (Fsp3) is 0.600. The molecular weight excluding hydrogens is 122 g/mol. The third-order valence-corrected chi connectivity index (χ3v) is 0.979. The number of hydrogen-bond acceptors (Lipinski definition) is 3. The topological polar surface area (TPSA) is 47.6 Å². The molecule has 1 rings (SSSR count). The van der Waals surface area contributed by atoms with Gasteiger partial charge in [0.2, 0.25) is 6.29 Å². The Morgan fingerprint density at radius 3 is 3.00 bits per heavy atom. The highest BCUT2D eigenvalue weighted by molar-refractivity contribution is 5.66. The minimum atomic E-state index is -0.451. The molecule has 9 heavy (non-hydrogen) atoms. The van der Waals surface area contributed by atoms with Gasteiger partial charge in [-0.15, -0.1) is 0 Å². The van der Waals surface area contributed by atoms with E-state index in [4.69, 9.17) is 4.74 Å². The smallest absolute Gasteiger partial charge is 0.409 e. The average molecular weight is 130 g/mol. The van der Waals surface area contributed by atoms with E-state index in [1.165, 1.54) is 7.05 Å². The summed E-state index contributed by atoms with van der Waals surface area (Å²) in [6, 6.07) is 0. The maximum absolute atomic E-state index is 10.4. The molecule has 0 aliphatic carbocycles. The van der Waals surface area contributed by atoms with Crippen LogP contribution in [0.2, 0.25) is 0 Å². The second-order valence-electron chi connectivity index (χ2n) is 1.62. The van der Waals surface area contributed by atoms with Gasteiger partial charge in [0.1, 0.15) is 0 Å². The minimum Gasteiger partial charge on any atom is -0.420 e. The van der Waals surface area contributed by atoms with Crippen LogP contribution in [0.5, 0.6) is 0 Å². The third kappa shape index (κ3) is 1.57. The Balaban J connectivity index is 2.09. The van der Waals surface area contributed by atoms with Crippen LogP contribution >= 0.6 is 0 Å². The normalized spacial score (nSPS) is 24.3. The Morgan fingerprint density at radius 1 is 2.00 bits per heavy atom. The van der Waals surface area contributed by atoms with Gasteiger partial charge in [0.25, 0.3) is 0 Å². The second-order valence-corrected chi connectivity index (χ2v) is 1.62. The van der Waals surface area contributed by atoms with E-state index in [9.17, 15) is 4.79 Å². The summed E-state index contributed by atoms with van der Waals surface area (Å²) in [7, 11) is 1.50. The van der Waals surface area contributed by atoms with Gasteiger partial charge < -0.3 is 14.8 Å². The van der Waals surface area contributed by atoms with Gasteiger partial charge in [0, 0.05) is 13.5 Å². The number of nitrogens with one attached hydrogen (secondary N) is 1. The quantitative estimate of drug-likeness (QED) is 0.553. The SMILES string of the molecule is CNC(=O)OC1C[CH]O1. The molecule has 1 unspecified atom stereocenters. The van der Waals surface area contributed by atoms with E-state index in [1.807, 2.05) is 0 Å². The van der Waals surface area contributed by atoms with Gasteiger partial charge in [-0.3, -0.25) is 0 Å². The van der Waals surface area contributed by atoms with Crippen LogP contribution in [0, 0.1) is 6.61 Å². The van der Waals surface area contributed by atoms with Gasteiger partial charge in [0.05, 0.1) is 6.61 Å². The summed E-state index contributed by atoms with van der Waals surface area (Å²) in [4.78, 5) is 10.4. The fourth-order valence-corrected chi connectivity index (χ4v) is 0.429. The molecule has 1 amide bonds. The first-order chi connectivity index (χ1) is 4.33. The Kier molecular flexibility index (Phi) is 1.89. The molecule has 1 radical (unpaired) electrons. The van der Waals surface area contributed by atoms with Crippen LogP contribution in [-0.2, 0) is 9.47 Å². The predicted octanol–water partition coefficient (Wildman–Crippen LogP) is 0.251. The summed E-state index contributed by atoms with van der Waals surface area (Å²) in [5, 5.41) is 2.31. The van der Waals surface area contributed by atoms with Gasteiger partial charge >= 0.3 is 6.09 Å². The summed E-state index contributed by atoms with van der Waals surface area (Å²) in [6.07, 6.45) is -0.119. The molecule has 1 aliphatic heterocycles. The van der Waals surface area contributed by atoms with Gasteiger partial charge in [-0.05, 0) is 0 Å². The molecule has 1 atom stereocenters. The van der Waals surface area contributed by atoms with Crippen molar-refractivity contribution < 1.29 is 14.3 Å². The lowest BCUT2D eigenvalue weighted by Gasteiger charge is -2.24. The Morgan fingerprint density at radius 2 is 2.67 bits per heavy atom. The molecule has 1 heterocycles. The van der Waals surface area contributed by atoms with Crippen LogP contribution in [-0.4, -0.2) is 19.4 Å². The predicted molar refractivity (Wildman–Crippen MR) is 29.3 cm³/mol.